The summed E-state index contributed by atoms with van der Waals surface area (Å²) in [6.45, 7) is -0.0459. The molecule has 0 aliphatic heterocycles. The minimum absolute atomic E-state index is 0.138. The Morgan fingerprint density at radius 2 is 1.63 bits per heavy atom. The molecule has 1 aliphatic carbocycles. The monoisotopic (exact) mass is 430 g/mol. The van der Waals surface area contributed by atoms with Gasteiger partial charge in [-0.3, -0.25) is 4.79 Å². The van der Waals surface area contributed by atoms with Gasteiger partial charge in [-0.25, -0.2) is 8.42 Å². The van der Waals surface area contributed by atoms with Crippen LogP contribution in [-0.2, 0) is 21.4 Å². The van der Waals surface area contributed by atoms with Crippen LogP contribution in [0.15, 0.2) is 59.5 Å². The van der Waals surface area contributed by atoms with Gasteiger partial charge in [0.25, 0.3) is 0 Å². The summed E-state index contributed by atoms with van der Waals surface area (Å²) < 4.78 is 33.2. The van der Waals surface area contributed by atoms with Gasteiger partial charge in [0.05, 0.1) is 18.6 Å². The topological polar surface area (TPSA) is 66.9 Å². The first-order chi connectivity index (χ1) is 14.4. The zero-order chi connectivity index (χ0) is 21.6. The molecule has 1 amide bonds. The number of ether oxygens (including phenoxy) is 1. The molecule has 0 unspecified atom stereocenters. The number of rotatable bonds is 8. The van der Waals surface area contributed by atoms with Gasteiger partial charge >= 0.3 is 0 Å². The van der Waals surface area contributed by atoms with E-state index in [-0.39, 0.29) is 29.9 Å². The Bertz CT molecular complexity index is 923. The quantitative estimate of drug-likeness (QED) is 0.641. The predicted molar refractivity (Wildman–Crippen MR) is 117 cm³/mol. The van der Waals surface area contributed by atoms with Gasteiger partial charge in [-0.05, 0) is 42.7 Å². The van der Waals surface area contributed by atoms with Crippen molar-refractivity contribution in [1.29, 1.82) is 0 Å². The summed E-state index contributed by atoms with van der Waals surface area (Å²) in [7, 11) is -0.530. The van der Waals surface area contributed by atoms with Gasteiger partial charge in [-0.15, -0.1) is 0 Å². The number of benzene rings is 2. The first-order valence-corrected chi connectivity index (χ1v) is 11.8. The Morgan fingerprint density at radius 3 is 2.23 bits per heavy atom. The summed E-state index contributed by atoms with van der Waals surface area (Å²) in [5.74, 6) is 0.409. The molecule has 0 aromatic heterocycles. The van der Waals surface area contributed by atoms with Gasteiger partial charge in [0.2, 0.25) is 15.9 Å². The maximum absolute atomic E-state index is 13.4. The van der Waals surface area contributed by atoms with Gasteiger partial charge in [0.1, 0.15) is 5.75 Å². The normalized spacial score (nSPS) is 15.2. The number of sulfonamides is 1. The maximum atomic E-state index is 13.4. The Kier molecular flexibility index (Phi) is 7.50. The van der Waals surface area contributed by atoms with Crippen LogP contribution in [0.25, 0.3) is 0 Å². The summed E-state index contributed by atoms with van der Waals surface area (Å²) in [5, 5.41) is 0. The van der Waals surface area contributed by atoms with Crippen LogP contribution < -0.4 is 4.74 Å². The third-order valence-electron chi connectivity index (χ3n) is 5.73. The number of methoxy groups -OCH3 is 1. The molecular formula is C23H30N2O4S. The van der Waals surface area contributed by atoms with Crippen LogP contribution in [-0.4, -0.2) is 50.3 Å². The molecule has 2 aromatic rings. The van der Waals surface area contributed by atoms with Crippen molar-refractivity contribution in [1.82, 2.24) is 9.21 Å². The smallest absolute Gasteiger partial charge is 0.243 e. The average Bonchev–Trinajstić information content (AvgIpc) is 2.79. The molecule has 1 fully saturated rings. The van der Waals surface area contributed by atoms with Gasteiger partial charge < -0.3 is 9.64 Å². The Morgan fingerprint density at radius 1 is 1.00 bits per heavy atom. The summed E-state index contributed by atoms with van der Waals surface area (Å²) >= 11 is 0. The van der Waals surface area contributed by atoms with Crippen LogP contribution in [0.5, 0.6) is 5.75 Å². The van der Waals surface area contributed by atoms with Crippen molar-refractivity contribution in [3.8, 4) is 5.75 Å². The summed E-state index contributed by atoms with van der Waals surface area (Å²) in [5.41, 5.74) is 0.836. The van der Waals surface area contributed by atoms with Crippen molar-refractivity contribution in [3.63, 3.8) is 0 Å². The largest absolute Gasteiger partial charge is 0.497 e. The van der Waals surface area contributed by atoms with Gasteiger partial charge in [0, 0.05) is 19.6 Å². The number of amides is 1. The summed E-state index contributed by atoms with van der Waals surface area (Å²) in [6, 6.07) is 15.8. The van der Waals surface area contributed by atoms with Crippen molar-refractivity contribution in [2.45, 2.75) is 49.6 Å². The van der Waals surface area contributed by atoms with E-state index in [9.17, 15) is 13.2 Å². The molecule has 162 valence electrons. The number of carbonyl (C=O) groups is 1. The maximum Gasteiger partial charge on any atom is 0.243 e. The second-order valence-corrected chi connectivity index (χ2v) is 9.67. The minimum Gasteiger partial charge on any atom is -0.497 e. The molecule has 0 bridgehead atoms. The molecule has 1 aliphatic rings. The second-order valence-electron chi connectivity index (χ2n) is 7.73. The van der Waals surface area contributed by atoms with Crippen LogP contribution in [0.2, 0.25) is 0 Å². The van der Waals surface area contributed by atoms with E-state index in [1.807, 2.05) is 30.3 Å². The average molecular weight is 431 g/mol. The highest BCUT2D eigenvalue weighted by Gasteiger charge is 2.30. The first-order valence-electron chi connectivity index (χ1n) is 10.4. The third kappa shape index (κ3) is 5.40. The zero-order valence-electron chi connectivity index (χ0n) is 17.7. The van der Waals surface area contributed by atoms with Crippen molar-refractivity contribution < 1.29 is 17.9 Å². The summed E-state index contributed by atoms with van der Waals surface area (Å²) in [4.78, 5) is 14.9. The van der Waals surface area contributed by atoms with E-state index < -0.39 is 10.0 Å². The molecule has 0 atom stereocenters. The summed E-state index contributed by atoms with van der Waals surface area (Å²) in [6.07, 6.45) is 5.38. The van der Waals surface area contributed by atoms with Crippen LogP contribution in [0.4, 0.5) is 0 Å². The lowest BCUT2D eigenvalue weighted by Crippen LogP contribution is -2.45. The van der Waals surface area contributed by atoms with E-state index >= 15 is 0 Å². The highest BCUT2D eigenvalue weighted by atomic mass is 32.2. The molecule has 30 heavy (non-hydrogen) atoms. The number of hydrogen-bond acceptors (Lipinski definition) is 4. The van der Waals surface area contributed by atoms with E-state index in [2.05, 4.69) is 0 Å². The zero-order valence-corrected chi connectivity index (χ0v) is 18.5. The van der Waals surface area contributed by atoms with Gasteiger partial charge in [0.15, 0.2) is 0 Å². The Balaban J connectivity index is 1.84. The number of hydrogen-bond donors (Lipinski definition) is 0. The highest BCUT2D eigenvalue weighted by Crippen LogP contribution is 2.24. The standard InChI is InChI=1S/C23H30N2O4S/c1-24(20-11-7-4-8-12-20)23(26)18-25(17-19-9-5-3-6-10-19)30(27,28)22-15-13-21(29-2)14-16-22/h3,5-6,9-10,13-16,20H,4,7-8,11-12,17-18H2,1-2H3. The van der Waals surface area contributed by atoms with E-state index in [1.54, 1.807) is 24.1 Å². The van der Waals surface area contributed by atoms with Gasteiger partial charge in [-0.2, -0.15) is 4.31 Å². The molecule has 1 saturated carbocycles. The Labute approximate surface area is 179 Å². The van der Waals surface area contributed by atoms with Crippen molar-refractivity contribution in [3.05, 3.63) is 60.2 Å². The molecule has 7 heteroatoms. The van der Waals surface area contributed by atoms with E-state index in [4.69, 9.17) is 4.74 Å². The molecular weight excluding hydrogens is 400 g/mol. The lowest BCUT2D eigenvalue weighted by atomic mass is 9.94. The van der Waals surface area contributed by atoms with E-state index in [0.29, 0.717) is 5.75 Å². The van der Waals surface area contributed by atoms with Crippen LogP contribution in [0.3, 0.4) is 0 Å². The number of nitrogens with zero attached hydrogens (tertiary/aromatic N) is 2. The molecule has 3 rings (SSSR count). The highest BCUT2D eigenvalue weighted by molar-refractivity contribution is 7.89. The van der Waals surface area contributed by atoms with Crippen LogP contribution in [0, 0.1) is 0 Å². The van der Waals surface area contributed by atoms with E-state index in [1.165, 1.54) is 30.0 Å². The molecule has 6 nitrogen and oxygen atoms in total. The molecule has 0 saturated heterocycles. The first kappa shape index (κ1) is 22.3. The fourth-order valence-electron chi connectivity index (χ4n) is 3.84. The van der Waals surface area contributed by atoms with Gasteiger partial charge in [-0.1, -0.05) is 49.6 Å². The number of carbonyl (C=O) groups excluding carboxylic acids is 1. The Hall–Kier alpha value is -2.38. The predicted octanol–water partition coefficient (Wildman–Crippen LogP) is 3.68. The minimum atomic E-state index is -3.85. The van der Waals surface area contributed by atoms with Crippen molar-refractivity contribution >= 4 is 15.9 Å². The third-order valence-corrected chi connectivity index (χ3v) is 7.53. The van der Waals surface area contributed by atoms with Crippen LogP contribution in [0.1, 0.15) is 37.7 Å². The molecule has 0 spiro atoms. The fraction of sp³-hybridized carbons (Fsp3) is 0.435. The van der Waals surface area contributed by atoms with E-state index in [0.717, 1.165) is 31.2 Å². The lowest BCUT2D eigenvalue weighted by molar-refractivity contribution is -0.132. The van der Waals surface area contributed by atoms with Crippen LogP contribution >= 0.6 is 0 Å². The van der Waals surface area contributed by atoms with Crippen molar-refractivity contribution in [2.75, 3.05) is 20.7 Å². The molecule has 0 N–H and O–H groups in total. The second kappa shape index (κ2) is 10.1. The SMILES string of the molecule is COc1ccc(S(=O)(=O)N(CC(=O)N(C)C2CCCCC2)Cc2ccccc2)cc1. The number of likely N-dealkylation sites (N-methyl/N-ethyl adjacent to an activating group) is 1. The molecule has 2 aromatic carbocycles. The fourth-order valence-corrected chi connectivity index (χ4v) is 5.22. The molecule has 0 radical (unpaired) electrons. The van der Waals surface area contributed by atoms with Crippen molar-refractivity contribution in [2.24, 2.45) is 0 Å². The lowest BCUT2D eigenvalue weighted by Gasteiger charge is -2.33. The molecule has 0 heterocycles.